The Morgan fingerprint density at radius 1 is 0.761 bits per heavy atom. The summed E-state index contributed by atoms with van der Waals surface area (Å²) in [5.74, 6) is -0.846. The van der Waals surface area contributed by atoms with E-state index in [4.69, 9.17) is 14.8 Å². The molecule has 6 heteroatoms. The van der Waals surface area contributed by atoms with E-state index in [1.807, 2.05) is 54.6 Å². The van der Waals surface area contributed by atoms with Crippen molar-refractivity contribution in [2.75, 3.05) is 0 Å². The van der Waals surface area contributed by atoms with E-state index in [9.17, 15) is 4.79 Å². The van der Waals surface area contributed by atoms with E-state index in [2.05, 4.69) is 51.7 Å². The third-order valence-electron chi connectivity index (χ3n) is 10.0. The molecule has 4 nitrogen and oxygen atoms in total. The molecule has 1 aliphatic rings. The zero-order chi connectivity index (χ0) is 33.5. The van der Waals surface area contributed by atoms with Crippen molar-refractivity contribution in [2.24, 2.45) is 0 Å². The number of hydrogen-bond acceptors (Lipinski definition) is 3. The molecule has 1 saturated heterocycles. The molecule has 3 aromatic carbocycles. The second-order valence-electron chi connectivity index (χ2n) is 14.5. The fourth-order valence-corrected chi connectivity index (χ4v) is 18.1. The maximum atomic E-state index is 10.9. The van der Waals surface area contributed by atoms with Gasteiger partial charge in [-0.1, -0.05) is 131 Å². The zero-order valence-electron chi connectivity index (χ0n) is 29.1. The van der Waals surface area contributed by atoms with Crippen LogP contribution in [-0.2, 0) is 10.8 Å². The Balaban J connectivity index is 0.000000339. The summed E-state index contributed by atoms with van der Waals surface area (Å²) in [4.78, 5) is 10.9. The van der Waals surface area contributed by atoms with Gasteiger partial charge >= 0.3 is 5.97 Å². The average molecular weight is 656 g/mol. The molecule has 0 radical (unpaired) electrons. The van der Waals surface area contributed by atoms with Crippen LogP contribution in [0.15, 0.2) is 78.9 Å². The number of carboxylic acid groups (broad SMARTS) is 1. The number of carbonyl (C=O) groups is 1. The number of aromatic carboxylic acids is 1. The highest BCUT2D eigenvalue weighted by molar-refractivity contribution is 7.38. The topological polar surface area (TPSA) is 70.3 Å². The minimum absolute atomic E-state index is 0.121. The van der Waals surface area contributed by atoms with Crippen LogP contribution in [0.4, 0.5) is 0 Å². The Kier molecular flexibility index (Phi) is 15.0. The van der Waals surface area contributed by atoms with Gasteiger partial charge in [0.05, 0.1) is 30.4 Å². The lowest BCUT2D eigenvalue weighted by molar-refractivity contribution is 0.0696. The largest absolute Gasteiger partial charge is 0.478 e. The summed E-state index contributed by atoms with van der Waals surface area (Å²) in [7, 11) is -2.68. The second-order valence-corrected chi connectivity index (χ2v) is 29.1. The van der Waals surface area contributed by atoms with E-state index < -0.39 is 21.4 Å². The molecule has 0 amide bonds. The number of unbranched alkanes of at least 4 members (excludes halogenated alkanes) is 9. The molecule has 1 unspecified atom stereocenters. The van der Waals surface area contributed by atoms with Crippen LogP contribution in [0.3, 0.4) is 0 Å². The molecule has 0 aromatic heterocycles. The molecule has 248 valence electrons. The molecule has 1 heterocycles. The minimum Gasteiger partial charge on any atom is -0.478 e. The fraction of sp³-hybridized carbons (Fsp3) is 0.500. The number of rotatable bonds is 15. The van der Waals surface area contributed by atoms with Gasteiger partial charge in [-0.05, 0) is 87.2 Å². The predicted octanol–water partition coefficient (Wildman–Crippen LogP) is 11.6. The van der Waals surface area contributed by atoms with Crippen molar-refractivity contribution in [3.63, 3.8) is 0 Å². The third kappa shape index (κ3) is 12.3. The van der Waals surface area contributed by atoms with Crippen LogP contribution >= 0.6 is 0 Å². The van der Waals surface area contributed by atoms with Gasteiger partial charge in [0.25, 0.3) is 0 Å². The van der Waals surface area contributed by atoms with Crippen LogP contribution in [0.1, 0.15) is 106 Å². The lowest BCUT2D eigenvalue weighted by atomic mass is 10.0. The molecular formula is C40H57NO3Si2. The summed E-state index contributed by atoms with van der Waals surface area (Å²) in [6.07, 6.45) is 15.9. The lowest BCUT2D eigenvalue weighted by Crippen LogP contribution is -2.65. The molecule has 0 bridgehead atoms. The van der Waals surface area contributed by atoms with Crippen LogP contribution in [0, 0.1) is 11.3 Å². The van der Waals surface area contributed by atoms with Crippen molar-refractivity contribution in [1.29, 1.82) is 5.26 Å². The summed E-state index contributed by atoms with van der Waals surface area (Å²) in [6, 6.07) is 30.1. The van der Waals surface area contributed by atoms with Gasteiger partial charge in [0.2, 0.25) is 0 Å². The van der Waals surface area contributed by atoms with Crippen molar-refractivity contribution in [2.45, 2.75) is 128 Å². The van der Waals surface area contributed by atoms with Gasteiger partial charge in [0.15, 0.2) is 7.83 Å². The predicted molar refractivity (Wildman–Crippen MR) is 198 cm³/mol. The van der Waals surface area contributed by atoms with E-state index in [0.29, 0.717) is 11.1 Å². The third-order valence-corrected chi connectivity index (χ3v) is 27.3. The Morgan fingerprint density at radius 3 is 1.80 bits per heavy atom. The average Bonchev–Trinajstić information content (AvgIpc) is 3.04. The van der Waals surface area contributed by atoms with Crippen LogP contribution in [0.2, 0.25) is 31.7 Å². The first-order valence-electron chi connectivity index (χ1n) is 17.5. The second kappa shape index (κ2) is 18.4. The van der Waals surface area contributed by atoms with E-state index in [1.165, 1.54) is 93.8 Å². The normalized spacial score (nSPS) is 18.2. The number of nitrogens with zero attached hydrogens (tertiary/aromatic N) is 1. The van der Waals surface area contributed by atoms with Gasteiger partial charge in [-0.25, -0.2) is 4.79 Å². The Hall–Kier alpha value is -2.99. The lowest BCUT2D eigenvalue weighted by Gasteiger charge is -2.51. The van der Waals surface area contributed by atoms with Crippen molar-refractivity contribution < 1.29 is 14.3 Å². The molecule has 46 heavy (non-hydrogen) atoms. The molecule has 0 saturated carbocycles. The smallest absolute Gasteiger partial charge is 0.335 e. The SMILES string of the molecule is CC1(C)CC[Si](C)(CCCCCCCCCCCCc2ccc(C(=O)O)cc2)[Si](C)(C)O1.N#Cc1ccc(-c2ccccc2)cc1. The standard InChI is InChI=1S/C27H48O3Si2.C13H9N/c1-27(2)21-23-32(5,31(3,4)30-27)22-15-13-11-9-7-6-8-10-12-14-16-24-17-19-25(20-18-24)26(28)29;14-10-11-6-8-13(9-7-11)12-4-2-1-3-5-12/h17-20H,6-16,21-23H2,1-5H3,(H,28,29);1-9H. The van der Waals surface area contributed by atoms with E-state index in [1.54, 1.807) is 12.1 Å². The van der Waals surface area contributed by atoms with Crippen LogP contribution in [0.5, 0.6) is 0 Å². The van der Waals surface area contributed by atoms with E-state index in [0.717, 1.165) is 12.0 Å². The Morgan fingerprint density at radius 2 is 1.28 bits per heavy atom. The number of benzene rings is 3. The number of carboxylic acids is 1. The van der Waals surface area contributed by atoms with Crippen LogP contribution in [0.25, 0.3) is 11.1 Å². The highest BCUT2D eigenvalue weighted by atomic mass is 29.3. The number of hydrogen-bond donors (Lipinski definition) is 1. The Bertz CT molecular complexity index is 1360. The summed E-state index contributed by atoms with van der Waals surface area (Å²) in [5.41, 5.74) is 4.77. The van der Waals surface area contributed by atoms with Gasteiger partial charge in [-0.2, -0.15) is 5.26 Å². The van der Waals surface area contributed by atoms with Gasteiger partial charge in [-0.15, -0.1) is 0 Å². The summed E-state index contributed by atoms with van der Waals surface area (Å²) in [5, 5.41) is 17.6. The highest BCUT2D eigenvalue weighted by Crippen LogP contribution is 2.41. The van der Waals surface area contributed by atoms with Crippen molar-refractivity contribution in [3.8, 4) is 17.2 Å². The van der Waals surface area contributed by atoms with Gasteiger partial charge in [-0.3, -0.25) is 0 Å². The molecule has 1 fully saturated rings. The monoisotopic (exact) mass is 655 g/mol. The van der Waals surface area contributed by atoms with E-state index in [-0.39, 0.29) is 5.60 Å². The Labute approximate surface area is 281 Å². The minimum atomic E-state index is -1.49. The van der Waals surface area contributed by atoms with Crippen LogP contribution < -0.4 is 0 Å². The van der Waals surface area contributed by atoms with E-state index >= 15 is 0 Å². The summed E-state index contributed by atoms with van der Waals surface area (Å²) in [6.45, 7) is 12.2. The molecule has 4 rings (SSSR count). The summed E-state index contributed by atoms with van der Waals surface area (Å²) >= 11 is 0. The van der Waals surface area contributed by atoms with Gasteiger partial charge < -0.3 is 9.53 Å². The van der Waals surface area contributed by atoms with Crippen LogP contribution in [-0.4, -0.2) is 32.1 Å². The quantitative estimate of drug-likeness (QED) is 0.131. The first kappa shape index (κ1) is 37.5. The van der Waals surface area contributed by atoms with Gasteiger partial charge in [0, 0.05) is 0 Å². The van der Waals surface area contributed by atoms with Crippen molar-refractivity contribution in [1.82, 2.24) is 0 Å². The molecule has 1 aliphatic heterocycles. The molecule has 3 aromatic rings. The zero-order valence-corrected chi connectivity index (χ0v) is 31.1. The fourth-order valence-electron chi connectivity index (χ4n) is 6.61. The van der Waals surface area contributed by atoms with Crippen molar-refractivity contribution >= 4 is 21.4 Å². The molecule has 0 aliphatic carbocycles. The molecular weight excluding hydrogens is 599 g/mol. The number of nitriles is 1. The van der Waals surface area contributed by atoms with Gasteiger partial charge in [0.1, 0.15) is 0 Å². The maximum absolute atomic E-state index is 10.9. The number of aryl methyl sites for hydroxylation is 1. The van der Waals surface area contributed by atoms with Crippen molar-refractivity contribution in [3.05, 3.63) is 95.6 Å². The molecule has 1 N–H and O–H groups in total. The summed E-state index contributed by atoms with van der Waals surface area (Å²) < 4.78 is 6.64. The highest BCUT2D eigenvalue weighted by Gasteiger charge is 2.52. The maximum Gasteiger partial charge on any atom is 0.335 e. The first-order chi connectivity index (χ1) is 21.9. The molecule has 0 spiro atoms. The first-order valence-corrected chi connectivity index (χ1v) is 24.3. The molecule has 1 atom stereocenters.